The number of carbonyl (C=O) groups is 1. The summed E-state index contributed by atoms with van der Waals surface area (Å²) in [7, 11) is -3.49. The number of rotatable bonds is 8. The van der Waals surface area contributed by atoms with Gasteiger partial charge in [-0.2, -0.15) is 0 Å². The van der Waals surface area contributed by atoms with E-state index in [1.165, 1.54) is 6.20 Å². The summed E-state index contributed by atoms with van der Waals surface area (Å²) in [6.07, 6.45) is 6.33. The van der Waals surface area contributed by atoms with Gasteiger partial charge in [0.15, 0.2) is 0 Å². The summed E-state index contributed by atoms with van der Waals surface area (Å²) in [5.41, 5.74) is 0. The molecule has 2 N–H and O–H groups in total. The van der Waals surface area contributed by atoms with E-state index in [4.69, 9.17) is 0 Å². The van der Waals surface area contributed by atoms with Gasteiger partial charge in [0.1, 0.15) is 10.7 Å². The van der Waals surface area contributed by atoms with Gasteiger partial charge in [0.05, 0.1) is 5.92 Å². The van der Waals surface area contributed by atoms with Gasteiger partial charge in [-0.15, -0.1) is 0 Å². The van der Waals surface area contributed by atoms with Crippen LogP contribution in [0.15, 0.2) is 23.2 Å². The molecule has 1 aromatic heterocycles. The summed E-state index contributed by atoms with van der Waals surface area (Å²) < 4.78 is 27.2. The largest absolute Gasteiger partial charge is 0.356 e. The maximum absolute atomic E-state index is 12.3. The number of carbonyl (C=O) groups excluding carboxylic acids is 1. The van der Waals surface area contributed by atoms with E-state index in [-0.39, 0.29) is 16.7 Å². The second-order valence-electron chi connectivity index (χ2n) is 7.22. The molecule has 1 amide bonds. The molecule has 3 rings (SSSR count). The van der Waals surface area contributed by atoms with Gasteiger partial charge >= 0.3 is 0 Å². The van der Waals surface area contributed by atoms with Crippen LogP contribution >= 0.6 is 0 Å². The van der Waals surface area contributed by atoms with Gasteiger partial charge in [-0.1, -0.05) is 6.92 Å². The Morgan fingerprint density at radius 2 is 2.12 bits per heavy atom. The first-order valence-electron chi connectivity index (χ1n) is 9.48. The highest BCUT2D eigenvalue weighted by molar-refractivity contribution is 7.89. The molecule has 0 radical (unpaired) electrons. The molecule has 0 spiro atoms. The van der Waals surface area contributed by atoms with Gasteiger partial charge < -0.3 is 10.2 Å². The van der Waals surface area contributed by atoms with Crippen LogP contribution in [-0.2, 0) is 14.8 Å². The van der Waals surface area contributed by atoms with Crippen molar-refractivity contribution in [3.8, 4) is 0 Å². The van der Waals surface area contributed by atoms with Crippen molar-refractivity contribution in [1.29, 1.82) is 0 Å². The van der Waals surface area contributed by atoms with E-state index < -0.39 is 10.0 Å². The molecule has 7 nitrogen and oxygen atoms in total. The number of nitrogens with one attached hydrogen (secondary N) is 2. The van der Waals surface area contributed by atoms with Crippen molar-refractivity contribution in [3.05, 3.63) is 18.3 Å². The van der Waals surface area contributed by atoms with E-state index in [1.54, 1.807) is 12.1 Å². The highest BCUT2D eigenvalue weighted by Crippen LogP contribution is 2.28. The number of piperidine rings is 1. The van der Waals surface area contributed by atoms with Gasteiger partial charge in [0.25, 0.3) is 0 Å². The van der Waals surface area contributed by atoms with Crippen molar-refractivity contribution in [1.82, 2.24) is 15.0 Å². The minimum Gasteiger partial charge on any atom is -0.356 e. The van der Waals surface area contributed by atoms with Crippen LogP contribution in [0, 0.1) is 11.8 Å². The second kappa shape index (κ2) is 8.35. The first-order valence-corrected chi connectivity index (χ1v) is 11.0. The minimum absolute atomic E-state index is 0.0410. The van der Waals surface area contributed by atoms with Crippen molar-refractivity contribution in [3.63, 3.8) is 0 Å². The summed E-state index contributed by atoms with van der Waals surface area (Å²) in [5.74, 6) is 1.26. The number of aromatic nitrogens is 1. The fourth-order valence-electron chi connectivity index (χ4n) is 3.14. The van der Waals surface area contributed by atoms with Crippen LogP contribution in [-0.4, -0.2) is 45.5 Å². The minimum atomic E-state index is -3.49. The lowest BCUT2D eigenvalue weighted by molar-refractivity contribution is -0.125. The molecule has 1 aromatic rings. The fourth-order valence-corrected chi connectivity index (χ4v) is 4.20. The number of sulfonamides is 1. The van der Waals surface area contributed by atoms with Crippen molar-refractivity contribution in [2.24, 2.45) is 11.8 Å². The Balaban J connectivity index is 1.61. The van der Waals surface area contributed by atoms with Crippen molar-refractivity contribution in [2.75, 3.05) is 31.1 Å². The monoisotopic (exact) mass is 380 g/mol. The Bertz CT molecular complexity index is 716. The Hall–Kier alpha value is -1.67. The Kier molecular flexibility index (Phi) is 6.13. The highest BCUT2D eigenvalue weighted by Gasteiger charge is 2.27. The zero-order valence-electron chi connectivity index (χ0n) is 15.3. The molecule has 1 aliphatic carbocycles. The zero-order chi connectivity index (χ0) is 18.6. The topological polar surface area (TPSA) is 91.4 Å². The fraction of sp³-hybridized carbons (Fsp3) is 0.667. The summed E-state index contributed by atoms with van der Waals surface area (Å²) in [4.78, 5) is 18.8. The lowest BCUT2D eigenvalue weighted by Crippen LogP contribution is -2.43. The van der Waals surface area contributed by atoms with Crippen LogP contribution in [0.1, 0.15) is 39.0 Å². The summed E-state index contributed by atoms with van der Waals surface area (Å²) in [6, 6.07) is 3.33. The number of hydrogen-bond donors (Lipinski definition) is 2. The third-order valence-electron chi connectivity index (χ3n) is 4.96. The van der Waals surface area contributed by atoms with Crippen LogP contribution in [0.25, 0.3) is 0 Å². The second-order valence-corrected chi connectivity index (χ2v) is 8.99. The number of amides is 1. The zero-order valence-corrected chi connectivity index (χ0v) is 16.1. The first kappa shape index (κ1) is 19.1. The highest BCUT2D eigenvalue weighted by atomic mass is 32.2. The Morgan fingerprint density at radius 1 is 1.31 bits per heavy atom. The smallest absolute Gasteiger partial charge is 0.242 e. The van der Waals surface area contributed by atoms with E-state index in [0.717, 1.165) is 44.5 Å². The molecule has 1 saturated carbocycles. The van der Waals surface area contributed by atoms with E-state index in [9.17, 15) is 13.2 Å². The maximum Gasteiger partial charge on any atom is 0.242 e. The molecule has 1 saturated heterocycles. The van der Waals surface area contributed by atoms with Crippen LogP contribution in [0.4, 0.5) is 5.82 Å². The van der Waals surface area contributed by atoms with Crippen LogP contribution < -0.4 is 14.9 Å². The normalized spacial score (nSPS) is 20.8. The third kappa shape index (κ3) is 4.94. The van der Waals surface area contributed by atoms with Gasteiger partial charge in [0, 0.05) is 32.4 Å². The molecule has 2 aliphatic rings. The average Bonchev–Trinajstić information content (AvgIpc) is 3.49. The molecule has 1 aliphatic heterocycles. The summed E-state index contributed by atoms with van der Waals surface area (Å²) in [5, 5.41) is 2.96. The van der Waals surface area contributed by atoms with Gasteiger partial charge in [-0.05, 0) is 50.2 Å². The van der Waals surface area contributed by atoms with Gasteiger partial charge in [-0.3, -0.25) is 4.79 Å². The van der Waals surface area contributed by atoms with Crippen LogP contribution in [0.2, 0.25) is 0 Å². The van der Waals surface area contributed by atoms with Crippen molar-refractivity contribution >= 4 is 21.7 Å². The van der Waals surface area contributed by atoms with E-state index >= 15 is 0 Å². The lowest BCUT2D eigenvalue weighted by atomic mass is 9.97. The molecule has 0 aromatic carbocycles. The molecular formula is C18H28N4O3S. The van der Waals surface area contributed by atoms with E-state index in [0.29, 0.717) is 25.6 Å². The van der Waals surface area contributed by atoms with E-state index in [1.807, 2.05) is 6.92 Å². The van der Waals surface area contributed by atoms with E-state index in [2.05, 4.69) is 19.9 Å². The van der Waals surface area contributed by atoms with Crippen LogP contribution in [0.3, 0.4) is 0 Å². The molecular weight excluding hydrogens is 352 g/mol. The quantitative estimate of drug-likeness (QED) is 0.713. The standard InChI is InChI=1S/C18H28N4O3S/c1-2-9-19-18(23)15-4-3-10-22(13-15)17-8-7-16(12-20-17)26(24,25)21-11-14-5-6-14/h7-8,12,14-15,21H,2-6,9-11,13H2,1H3,(H,19,23)/t15-/m0/s1. The Morgan fingerprint density at radius 3 is 2.77 bits per heavy atom. The summed E-state index contributed by atoms with van der Waals surface area (Å²) in [6.45, 7) is 4.69. The molecule has 8 heteroatoms. The molecule has 2 fully saturated rings. The first-order chi connectivity index (χ1) is 12.5. The number of anilines is 1. The van der Waals surface area contributed by atoms with Gasteiger partial charge in [0.2, 0.25) is 15.9 Å². The molecule has 26 heavy (non-hydrogen) atoms. The Labute approximate surface area is 155 Å². The van der Waals surface area contributed by atoms with Crippen LogP contribution in [0.5, 0.6) is 0 Å². The third-order valence-corrected chi connectivity index (χ3v) is 6.36. The maximum atomic E-state index is 12.3. The SMILES string of the molecule is CCCNC(=O)[C@H]1CCCN(c2ccc(S(=O)(=O)NCC3CC3)cn2)C1. The predicted molar refractivity (Wildman–Crippen MR) is 100 cm³/mol. The molecule has 0 unspecified atom stereocenters. The van der Waals surface area contributed by atoms with Gasteiger partial charge in [-0.25, -0.2) is 18.1 Å². The average molecular weight is 381 g/mol. The molecule has 1 atom stereocenters. The summed E-state index contributed by atoms with van der Waals surface area (Å²) >= 11 is 0. The van der Waals surface area contributed by atoms with Crippen molar-refractivity contribution < 1.29 is 13.2 Å². The van der Waals surface area contributed by atoms with Crippen molar-refractivity contribution in [2.45, 2.75) is 43.9 Å². The predicted octanol–water partition coefficient (Wildman–Crippen LogP) is 1.51. The number of pyridine rings is 1. The molecule has 2 heterocycles. The number of nitrogens with zero attached hydrogens (tertiary/aromatic N) is 2. The number of hydrogen-bond acceptors (Lipinski definition) is 5. The lowest BCUT2D eigenvalue weighted by Gasteiger charge is -2.32. The molecule has 144 valence electrons. The molecule has 0 bridgehead atoms.